The molecule has 0 spiro atoms. The largest absolute Gasteiger partial charge is 0.497 e. The number of hydrogen-bond donors (Lipinski definition) is 2. The van der Waals surface area contributed by atoms with E-state index in [0.29, 0.717) is 24.6 Å². The van der Waals surface area contributed by atoms with Crippen LogP contribution >= 0.6 is 0 Å². The number of carbonyl (C=O) groups excluding carboxylic acids is 2. The summed E-state index contributed by atoms with van der Waals surface area (Å²) in [5.74, 6) is -1.43. The maximum atomic E-state index is 14.0. The average Bonchev–Trinajstić information content (AvgIpc) is 3.41. The van der Waals surface area contributed by atoms with Gasteiger partial charge in [0.1, 0.15) is 17.1 Å². The van der Waals surface area contributed by atoms with E-state index in [-0.39, 0.29) is 28.7 Å². The van der Waals surface area contributed by atoms with Gasteiger partial charge in [-0.1, -0.05) is 0 Å². The number of aromatic nitrogens is 1. The van der Waals surface area contributed by atoms with Crippen LogP contribution in [0.4, 0.5) is 10.1 Å². The van der Waals surface area contributed by atoms with Gasteiger partial charge in [0.2, 0.25) is 0 Å². The molecule has 156 valence electrons. The number of anilines is 1. The Morgan fingerprint density at radius 1 is 1.23 bits per heavy atom. The van der Waals surface area contributed by atoms with Crippen LogP contribution in [-0.4, -0.2) is 43.2 Å². The van der Waals surface area contributed by atoms with Gasteiger partial charge in [-0.15, -0.1) is 0 Å². The number of oxazole rings is 1. The maximum absolute atomic E-state index is 14.0. The molecular weight excluding hydrogens is 393 g/mol. The summed E-state index contributed by atoms with van der Waals surface area (Å²) in [7, 11) is 1.54. The number of methoxy groups -OCH3 is 1. The molecule has 1 saturated heterocycles. The predicted octanol–water partition coefficient (Wildman–Crippen LogP) is 3.14. The lowest BCUT2D eigenvalue weighted by molar-refractivity contribution is 0.0857. The SMILES string of the molecule is COc1ccc(NC(=O)c2nc3cc(F)cc(C(=O)NCC4CCCO4)c3o2)cc1. The van der Waals surface area contributed by atoms with Crippen molar-refractivity contribution < 1.29 is 27.9 Å². The monoisotopic (exact) mass is 413 g/mol. The molecule has 9 heteroatoms. The highest BCUT2D eigenvalue weighted by atomic mass is 19.1. The second-order valence-electron chi connectivity index (χ2n) is 6.85. The Bertz CT molecular complexity index is 1070. The second kappa shape index (κ2) is 8.50. The zero-order chi connectivity index (χ0) is 21.1. The molecule has 1 atom stereocenters. The van der Waals surface area contributed by atoms with E-state index in [1.807, 2.05) is 0 Å². The van der Waals surface area contributed by atoms with E-state index < -0.39 is 17.6 Å². The highest BCUT2D eigenvalue weighted by Crippen LogP contribution is 2.23. The summed E-state index contributed by atoms with van der Waals surface area (Å²) in [5.41, 5.74) is 0.598. The topological polar surface area (TPSA) is 103 Å². The first-order valence-corrected chi connectivity index (χ1v) is 9.49. The summed E-state index contributed by atoms with van der Waals surface area (Å²) in [6.45, 7) is 0.981. The van der Waals surface area contributed by atoms with E-state index in [1.54, 1.807) is 31.4 Å². The van der Waals surface area contributed by atoms with E-state index in [9.17, 15) is 14.0 Å². The number of nitrogens with one attached hydrogen (secondary N) is 2. The number of fused-ring (bicyclic) bond motifs is 1. The Hall–Kier alpha value is -3.46. The highest BCUT2D eigenvalue weighted by molar-refractivity contribution is 6.07. The number of amides is 2. The van der Waals surface area contributed by atoms with Crippen LogP contribution in [0.3, 0.4) is 0 Å². The Kier molecular flexibility index (Phi) is 5.62. The van der Waals surface area contributed by atoms with Gasteiger partial charge in [0.05, 0.1) is 18.8 Å². The summed E-state index contributed by atoms with van der Waals surface area (Å²) in [6, 6.07) is 8.86. The third-order valence-electron chi connectivity index (χ3n) is 4.76. The van der Waals surface area contributed by atoms with Crippen molar-refractivity contribution in [1.82, 2.24) is 10.3 Å². The van der Waals surface area contributed by atoms with Crippen LogP contribution in [0.25, 0.3) is 11.1 Å². The first-order valence-electron chi connectivity index (χ1n) is 9.49. The van der Waals surface area contributed by atoms with Gasteiger partial charge in [-0.3, -0.25) is 9.59 Å². The quantitative estimate of drug-likeness (QED) is 0.644. The molecule has 1 aliphatic heterocycles. The number of halogens is 1. The van der Waals surface area contributed by atoms with Crippen molar-refractivity contribution in [3.05, 3.63) is 53.7 Å². The number of nitrogens with zero attached hydrogens (tertiary/aromatic N) is 1. The Morgan fingerprint density at radius 2 is 2.03 bits per heavy atom. The molecule has 1 aromatic heterocycles. The standard InChI is InChI=1S/C21H20FN3O5/c1-28-14-6-4-13(5-7-14)24-20(27)21-25-17-10-12(22)9-16(18(17)30-21)19(26)23-11-15-3-2-8-29-15/h4-7,9-10,15H,2-3,8,11H2,1H3,(H,23,26)(H,24,27). The van der Waals surface area contributed by atoms with Crippen molar-refractivity contribution in [2.45, 2.75) is 18.9 Å². The van der Waals surface area contributed by atoms with Gasteiger partial charge in [0.15, 0.2) is 5.58 Å². The van der Waals surface area contributed by atoms with Gasteiger partial charge < -0.3 is 24.5 Å². The Balaban J connectivity index is 1.54. The molecule has 1 fully saturated rings. The molecular formula is C21H20FN3O5. The van der Waals surface area contributed by atoms with Crippen LogP contribution < -0.4 is 15.4 Å². The van der Waals surface area contributed by atoms with Crippen LogP contribution in [0, 0.1) is 5.82 Å². The molecule has 0 saturated carbocycles. The summed E-state index contributed by atoms with van der Waals surface area (Å²) in [6.07, 6.45) is 1.75. The molecule has 1 aliphatic rings. The molecule has 2 amide bonds. The first kappa shape index (κ1) is 19.8. The maximum Gasteiger partial charge on any atom is 0.311 e. The summed E-state index contributed by atoms with van der Waals surface area (Å²) in [4.78, 5) is 29.1. The molecule has 8 nitrogen and oxygen atoms in total. The fourth-order valence-electron chi connectivity index (χ4n) is 3.23. The molecule has 0 aliphatic carbocycles. The molecule has 30 heavy (non-hydrogen) atoms. The van der Waals surface area contributed by atoms with Crippen molar-refractivity contribution >= 4 is 28.6 Å². The van der Waals surface area contributed by atoms with Crippen molar-refractivity contribution in [2.24, 2.45) is 0 Å². The predicted molar refractivity (Wildman–Crippen MR) is 106 cm³/mol. The van der Waals surface area contributed by atoms with Gasteiger partial charge in [-0.05, 0) is 43.2 Å². The van der Waals surface area contributed by atoms with Crippen molar-refractivity contribution in [2.75, 3.05) is 25.6 Å². The van der Waals surface area contributed by atoms with E-state index in [4.69, 9.17) is 13.9 Å². The summed E-state index contributed by atoms with van der Waals surface area (Å²) in [5, 5.41) is 5.35. The fourth-order valence-corrected chi connectivity index (χ4v) is 3.23. The van der Waals surface area contributed by atoms with Crippen molar-refractivity contribution in [3.63, 3.8) is 0 Å². The zero-order valence-electron chi connectivity index (χ0n) is 16.2. The highest BCUT2D eigenvalue weighted by Gasteiger charge is 2.22. The number of hydrogen-bond acceptors (Lipinski definition) is 6. The van der Waals surface area contributed by atoms with Crippen LogP contribution in [0.1, 0.15) is 33.9 Å². The zero-order valence-corrected chi connectivity index (χ0v) is 16.2. The summed E-state index contributed by atoms with van der Waals surface area (Å²) < 4.78 is 30.1. The molecule has 1 unspecified atom stereocenters. The summed E-state index contributed by atoms with van der Waals surface area (Å²) >= 11 is 0. The van der Waals surface area contributed by atoms with Crippen LogP contribution in [-0.2, 0) is 4.74 Å². The van der Waals surface area contributed by atoms with Gasteiger partial charge >= 0.3 is 5.91 Å². The molecule has 2 N–H and O–H groups in total. The smallest absolute Gasteiger partial charge is 0.311 e. The lowest BCUT2D eigenvalue weighted by atomic mass is 10.1. The van der Waals surface area contributed by atoms with Crippen molar-refractivity contribution in [3.8, 4) is 5.75 Å². The fraction of sp³-hybridized carbons (Fsp3) is 0.286. The van der Waals surface area contributed by atoms with Crippen LogP contribution in [0.5, 0.6) is 5.75 Å². The first-order chi connectivity index (χ1) is 14.5. The van der Waals surface area contributed by atoms with Gasteiger partial charge in [0.25, 0.3) is 11.8 Å². The minimum absolute atomic E-state index is 0.0287. The van der Waals surface area contributed by atoms with Crippen LogP contribution in [0.15, 0.2) is 40.8 Å². The van der Waals surface area contributed by atoms with Crippen molar-refractivity contribution in [1.29, 1.82) is 0 Å². The number of rotatable bonds is 6. The van der Waals surface area contributed by atoms with E-state index >= 15 is 0 Å². The van der Waals surface area contributed by atoms with Gasteiger partial charge in [0, 0.05) is 24.9 Å². The van der Waals surface area contributed by atoms with Crippen LogP contribution in [0.2, 0.25) is 0 Å². The molecule has 3 aromatic rings. The van der Waals surface area contributed by atoms with Gasteiger partial charge in [-0.25, -0.2) is 9.37 Å². The number of ether oxygens (including phenoxy) is 2. The van der Waals surface area contributed by atoms with E-state index in [1.165, 1.54) is 0 Å². The lowest BCUT2D eigenvalue weighted by Crippen LogP contribution is -2.31. The molecule has 4 rings (SSSR count). The minimum Gasteiger partial charge on any atom is -0.497 e. The lowest BCUT2D eigenvalue weighted by Gasteiger charge is -2.10. The number of benzene rings is 2. The molecule has 2 heterocycles. The van der Waals surface area contributed by atoms with E-state index in [2.05, 4.69) is 15.6 Å². The second-order valence-corrected chi connectivity index (χ2v) is 6.85. The van der Waals surface area contributed by atoms with E-state index in [0.717, 1.165) is 25.0 Å². The third kappa shape index (κ3) is 4.25. The number of carbonyl (C=O) groups is 2. The Morgan fingerprint density at radius 3 is 2.73 bits per heavy atom. The molecule has 0 radical (unpaired) electrons. The Labute approximate surface area is 171 Å². The molecule has 2 aromatic carbocycles. The minimum atomic E-state index is -0.653. The average molecular weight is 413 g/mol. The van der Waals surface area contributed by atoms with Gasteiger partial charge in [-0.2, -0.15) is 0 Å². The normalized spacial score (nSPS) is 15.9. The third-order valence-corrected chi connectivity index (χ3v) is 4.76. The molecule has 0 bridgehead atoms.